The van der Waals surface area contributed by atoms with Crippen molar-refractivity contribution < 1.29 is 18.2 Å². The molecule has 0 spiro atoms. The average Bonchev–Trinajstić information content (AvgIpc) is 2.02. The molecule has 1 aliphatic heterocycles. The summed E-state index contributed by atoms with van der Waals surface area (Å²) in [4.78, 5) is 9.88. The first kappa shape index (κ1) is 11.9. The van der Waals surface area contributed by atoms with Gasteiger partial charge in [-0.1, -0.05) is 0 Å². The molecule has 0 amide bonds. The molecule has 6 heteroatoms. The monoisotopic (exact) mass is 223 g/mol. The van der Waals surface area contributed by atoms with E-state index in [0.29, 0.717) is 13.0 Å². The molecule has 1 rings (SSSR count). The Morgan fingerprint density at radius 2 is 2.00 bits per heavy atom. The summed E-state index contributed by atoms with van der Waals surface area (Å²) >= 11 is 0. The molecule has 14 heavy (non-hydrogen) atoms. The molecule has 84 valence electrons. The van der Waals surface area contributed by atoms with E-state index in [1.165, 1.54) is 6.26 Å². The van der Waals surface area contributed by atoms with Crippen LogP contribution in [-0.4, -0.2) is 33.4 Å². The van der Waals surface area contributed by atoms with Gasteiger partial charge in [0.05, 0.1) is 19.0 Å². The second kappa shape index (κ2) is 5.06. The maximum Gasteiger partial charge on any atom is 0.208 e. The second-order valence-corrected chi connectivity index (χ2v) is 5.46. The maximum absolute atomic E-state index is 11.0. The lowest BCUT2D eigenvalue weighted by Gasteiger charge is -2.22. The lowest BCUT2D eigenvalue weighted by atomic mass is 10.1. The lowest BCUT2D eigenvalue weighted by Crippen LogP contribution is -2.36. The van der Waals surface area contributed by atoms with Gasteiger partial charge < -0.3 is 0 Å². The average molecular weight is 223 g/mol. The Hall–Kier alpha value is -0.170. The Morgan fingerprint density at radius 1 is 1.29 bits per heavy atom. The fourth-order valence-corrected chi connectivity index (χ4v) is 2.24. The third-order valence-corrected chi connectivity index (χ3v) is 2.85. The van der Waals surface area contributed by atoms with E-state index in [-0.39, 0.29) is 12.1 Å². The first-order chi connectivity index (χ1) is 6.47. The van der Waals surface area contributed by atoms with Gasteiger partial charge in [-0.3, -0.25) is 0 Å². The fourth-order valence-electron chi connectivity index (χ4n) is 1.40. The maximum atomic E-state index is 11.0. The molecule has 1 N–H and O–H groups in total. The Bertz CT molecular complexity index is 265. The van der Waals surface area contributed by atoms with Crippen molar-refractivity contribution in [3.8, 4) is 0 Å². The zero-order valence-corrected chi connectivity index (χ0v) is 9.34. The van der Waals surface area contributed by atoms with Gasteiger partial charge in [0.1, 0.15) is 0 Å². The molecular weight excluding hydrogens is 206 g/mol. The topological polar surface area (TPSA) is 64.6 Å². The van der Waals surface area contributed by atoms with Crippen LogP contribution in [0, 0.1) is 0 Å². The Morgan fingerprint density at radius 3 is 2.64 bits per heavy atom. The van der Waals surface area contributed by atoms with E-state index in [1.54, 1.807) is 0 Å². The van der Waals surface area contributed by atoms with Gasteiger partial charge in [-0.2, -0.15) is 0 Å². The van der Waals surface area contributed by atoms with Crippen LogP contribution in [0.5, 0.6) is 0 Å². The smallest absolute Gasteiger partial charge is 0.208 e. The predicted molar refractivity (Wildman–Crippen MR) is 52.1 cm³/mol. The van der Waals surface area contributed by atoms with E-state index < -0.39 is 10.0 Å². The molecule has 2 unspecified atom stereocenters. The van der Waals surface area contributed by atoms with Crippen LogP contribution >= 0.6 is 0 Å². The highest BCUT2D eigenvalue weighted by Crippen LogP contribution is 2.12. The number of hydrogen-bond donors (Lipinski definition) is 1. The molecule has 5 nitrogen and oxygen atoms in total. The number of rotatable bonds is 2. The van der Waals surface area contributed by atoms with Gasteiger partial charge in [0.2, 0.25) is 10.0 Å². The highest BCUT2D eigenvalue weighted by Gasteiger charge is 2.18. The molecule has 1 saturated heterocycles. The molecule has 0 saturated carbocycles. The van der Waals surface area contributed by atoms with Gasteiger partial charge in [-0.15, -0.1) is 0 Å². The molecule has 0 radical (unpaired) electrons. The van der Waals surface area contributed by atoms with Crippen molar-refractivity contribution in [3.63, 3.8) is 0 Å². The summed E-state index contributed by atoms with van der Waals surface area (Å²) in [5.74, 6) is 0. The summed E-state index contributed by atoms with van der Waals surface area (Å²) in [5.41, 5.74) is 0. The highest BCUT2D eigenvalue weighted by atomic mass is 32.2. The lowest BCUT2D eigenvalue weighted by molar-refractivity contribution is -0.326. The fraction of sp³-hybridized carbons (Fsp3) is 1.00. The zero-order valence-electron chi connectivity index (χ0n) is 8.52. The zero-order chi connectivity index (χ0) is 10.6. The van der Waals surface area contributed by atoms with E-state index in [0.717, 1.165) is 12.8 Å². The van der Waals surface area contributed by atoms with Crippen LogP contribution in [0.2, 0.25) is 0 Å². The van der Waals surface area contributed by atoms with Gasteiger partial charge in [0.15, 0.2) is 0 Å². The van der Waals surface area contributed by atoms with Crippen LogP contribution in [-0.2, 0) is 19.8 Å². The van der Waals surface area contributed by atoms with Gasteiger partial charge in [-0.25, -0.2) is 22.9 Å². The molecule has 1 aliphatic rings. The number of hydrogen-bond acceptors (Lipinski definition) is 4. The molecule has 1 heterocycles. The van der Waals surface area contributed by atoms with Crippen LogP contribution < -0.4 is 4.72 Å². The summed E-state index contributed by atoms with van der Waals surface area (Å²) in [5, 5.41) is 0. The van der Waals surface area contributed by atoms with Crippen LogP contribution in [0.25, 0.3) is 0 Å². The molecule has 0 aromatic carbocycles. The Kier molecular flexibility index (Phi) is 4.31. The van der Waals surface area contributed by atoms with Gasteiger partial charge >= 0.3 is 0 Å². The van der Waals surface area contributed by atoms with E-state index in [1.807, 2.05) is 6.92 Å². The standard InChI is InChI=1S/C8H17NO4S/c1-7-3-4-8(5-6-12-13-7)9-14(2,10)11/h7-9H,3-6H2,1-2H3. The van der Waals surface area contributed by atoms with Gasteiger partial charge in [0, 0.05) is 6.04 Å². The quantitative estimate of drug-likeness (QED) is 0.689. The molecule has 2 atom stereocenters. The van der Waals surface area contributed by atoms with Crippen molar-refractivity contribution in [3.05, 3.63) is 0 Å². The molecule has 0 aromatic heterocycles. The number of sulfonamides is 1. The third-order valence-electron chi connectivity index (χ3n) is 2.08. The molecule has 0 aromatic rings. The van der Waals surface area contributed by atoms with Crippen molar-refractivity contribution >= 4 is 10.0 Å². The number of nitrogens with one attached hydrogen (secondary N) is 1. The SMILES string of the molecule is CC1CCC(NS(C)(=O)=O)CCOO1. The van der Waals surface area contributed by atoms with E-state index >= 15 is 0 Å². The molecular formula is C8H17NO4S. The molecule has 1 fully saturated rings. The minimum absolute atomic E-state index is 0.0270. The summed E-state index contributed by atoms with van der Waals surface area (Å²) in [6.45, 7) is 2.33. The van der Waals surface area contributed by atoms with Crippen molar-refractivity contribution in [2.24, 2.45) is 0 Å². The summed E-state index contributed by atoms with van der Waals surface area (Å²) in [6, 6.07) is -0.0312. The van der Waals surface area contributed by atoms with E-state index in [9.17, 15) is 8.42 Å². The predicted octanol–water partition coefficient (Wildman–Crippen LogP) is 0.425. The van der Waals surface area contributed by atoms with Crippen LogP contribution in [0.15, 0.2) is 0 Å². The van der Waals surface area contributed by atoms with Gasteiger partial charge in [0.25, 0.3) is 0 Å². The summed E-state index contributed by atoms with van der Waals surface area (Å²) < 4.78 is 24.6. The van der Waals surface area contributed by atoms with Gasteiger partial charge in [-0.05, 0) is 26.2 Å². The largest absolute Gasteiger partial charge is 0.236 e. The second-order valence-electron chi connectivity index (χ2n) is 3.68. The normalized spacial score (nSPS) is 30.7. The van der Waals surface area contributed by atoms with Crippen LogP contribution in [0.3, 0.4) is 0 Å². The first-order valence-electron chi connectivity index (χ1n) is 4.73. The van der Waals surface area contributed by atoms with E-state index in [2.05, 4.69) is 4.72 Å². The first-order valence-corrected chi connectivity index (χ1v) is 6.62. The minimum atomic E-state index is -3.12. The van der Waals surface area contributed by atoms with Crippen molar-refractivity contribution in [2.45, 2.75) is 38.3 Å². The highest BCUT2D eigenvalue weighted by molar-refractivity contribution is 7.88. The third kappa shape index (κ3) is 4.90. The minimum Gasteiger partial charge on any atom is -0.236 e. The molecule has 0 bridgehead atoms. The van der Waals surface area contributed by atoms with Crippen molar-refractivity contribution in [1.29, 1.82) is 0 Å². The Labute approximate surface area is 84.8 Å². The summed E-state index contributed by atoms with van der Waals surface area (Å²) in [7, 11) is -3.12. The summed E-state index contributed by atoms with van der Waals surface area (Å²) in [6.07, 6.45) is 3.44. The van der Waals surface area contributed by atoms with Crippen molar-refractivity contribution in [2.75, 3.05) is 12.9 Å². The van der Waals surface area contributed by atoms with Crippen LogP contribution in [0.4, 0.5) is 0 Å². The molecule has 0 aliphatic carbocycles. The Balaban J connectivity index is 2.43. The van der Waals surface area contributed by atoms with E-state index in [4.69, 9.17) is 9.78 Å². The van der Waals surface area contributed by atoms with Crippen molar-refractivity contribution in [1.82, 2.24) is 4.72 Å². The van der Waals surface area contributed by atoms with Crippen LogP contribution in [0.1, 0.15) is 26.2 Å².